The topological polar surface area (TPSA) is 59.0 Å². The number of benzene rings is 1. The highest BCUT2D eigenvalue weighted by atomic mass is 16.5. The third kappa shape index (κ3) is 3.79. The normalized spacial score (nSPS) is 12.1. The van der Waals surface area contributed by atoms with Gasteiger partial charge < -0.3 is 19.5 Å². The van der Waals surface area contributed by atoms with Crippen LogP contribution < -0.4 is 14.4 Å². The smallest absolute Gasteiger partial charge is 0.308 e. The summed E-state index contributed by atoms with van der Waals surface area (Å²) in [5, 5.41) is 9.07. The van der Waals surface area contributed by atoms with Gasteiger partial charge in [-0.3, -0.25) is 4.79 Å². The van der Waals surface area contributed by atoms with Crippen molar-refractivity contribution in [1.29, 1.82) is 0 Å². The van der Waals surface area contributed by atoms with Gasteiger partial charge >= 0.3 is 5.97 Å². The molecule has 0 amide bonds. The Labute approximate surface area is 120 Å². The Kier molecular flexibility index (Phi) is 5.67. The molecule has 112 valence electrons. The second-order valence-electron chi connectivity index (χ2n) is 5.02. The van der Waals surface area contributed by atoms with Gasteiger partial charge in [0.05, 0.1) is 20.1 Å². The molecule has 0 heterocycles. The monoisotopic (exact) mass is 281 g/mol. The van der Waals surface area contributed by atoms with E-state index in [0.29, 0.717) is 18.0 Å². The lowest BCUT2D eigenvalue weighted by Gasteiger charge is -2.31. The summed E-state index contributed by atoms with van der Waals surface area (Å²) in [7, 11) is 3.17. The number of aliphatic carboxylic acids is 1. The maximum Gasteiger partial charge on any atom is 0.308 e. The number of methoxy groups -OCH3 is 2. The van der Waals surface area contributed by atoms with Gasteiger partial charge in [0.2, 0.25) is 0 Å². The van der Waals surface area contributed by atoms with E-state index in [4.69, 9.17) is 14.6 Å². The van der Waals surface area contributed by atoms with Crippen molar-refractivity contribution in [3.05, 3.63) is 18.2 Å². The molecule has 1 aromatic carbocycles. The van der Waals surface area contributed by atoms with Crippen molar-refractivity contribution in [1.82, 2.24) is 0 Å². The van der Waals surface area contributed by atoms with E-state index < -0.39 is 11.9 Å². The van der Waals surface area contributed by atoms with Gasteiger partial charge in [0.25, 0.3) is 0 Å². The Morgan fingerprint density at radius 2 is 1.80 bits per heavy atom. The SMILES string of the molecule is COc1ccc(N(CC(C)C(=O)O)C(C)C)cc1OC. The molecule has 0 aliphatic rings. The van der Waals surface area contributed by atoms with E-state index in [0.717, 1.165) is 5.69 Å². The number of hydrogen-bond donors (Lipinski definition) is 1. The van der Waals surface area contributed by atoms with Crippen molar-refractivity contribution in [2.24, 2.45) is 5.92 Å². The number of carboxylic acids is 1. The van der Waals surface area contributed by atoms with Crippen LogP contribution in [0.2, 0.25) is 0 Å². The van der Waals surface area contributed by atoms with Crippen LogP contribution in [0.4, 0.5) is 5.69 Å². The van der Waals surface area contributed by atoms with Crippen LogP contribution in [0.25, 0.3) is 0 Å². The molecule has 0 aromatic heterocycles. The summed E-state index contributed by atoms with van der Waals surface area (Å²) >= 11 is 0. The summed E-state index contributed by atoms with van der Waals surface area (Å²) in [5.74, 6) is 0.0616. The highest BCUT2D eigenvalue weighted by Crippen LogP contribution is 2.32. The first kappa shape index (κ1) is 16.1. The Balaban J connectivity index is 3.06. The predicted molar refractivity (Wildman–Crippen MR) is 78.8 cm³/mol. The van der Waals surface area contributed by atoms with E-state index in [1.165, 1.54) is 0 Å². The van der Waals surface area contributed by atoms with Crippen molar-refractivity contribution in [2.45, 2.75) is 26.8 Å². The number of ether oxygens (including phenoxy) is 2. The van der Waals surface area contributed by atoms with E-state index in [-0.39, 0.29) is 6.04 Å². The summed E-state index contributed by atoms with van der Waals surface area (Å²) in [6, 6.07) is 5.80. The minimum atomic E-state index is -0.795. The van der Waals surface area contributed by atoms with Crippen molar-refractivity contribution >= 4 is 11.7 Å². The average Bonchev–Trinajstić information content (AvgIpc) is 2.43. The number of rotatable bonds is 7. The first-order chi connectivity index (χ1) is 9.40. The highest BCUT2D eigenvalue weighted by molar-refractivity contribution is 5.70. The standard InChI is InChI=1S/C15H23NO4/c1-10(2)16(9-11(3)15(17)18)12-6-7-13(19-4)14(8-12)20-5/h6-8,10-11H,9H2,1-5H3,(H,17,18). The summed E-state index contributed by atoms with van der Waals surface area (Å²) < 4.78 is 10.5. The Morgan fingerprint density at radius 3 is 2.25 bits per heavy atom. The van der Waals surface area contributed by atoms with Crippen molar-refractivity contribution < 1.29 is 19.4 Å². The maximum atomic E-state index is 11.0. The minimum Gasteiger partial charge on any atom is -0.493 e. The van der Waals surface area contributed by atoms with Gasteiger partial charge in [-0.2, -0.15) is 0 Å². The number of nitrogens with zero attached hydrogens (tertiary/aromatic N) is 1. The molecule has 0 bridgehead atoms. The first-order valence-corrected chi connectivity index (χ1v) is 6.62. The molecule has 0 aliphatic heterocycles. The molecule has 0 aliphatic carbocycles. The zero-order valence-electron chi connectivity index (χ0n) is 12.7. The maximum absolute atomic E-state index is 11.0. The molecule has 1 atom stereocenters. The molecule has 0 saturated carbocycles. The Bertz CT molecular complexity index is 459. The molecule has 20 heavy (non-hydrogen) atoms. The van der Waals surface area contributed by atoms with Gasteiger partial charge in [0.1, 0.15) is 0 Å². The fourth-order valence-corrected chi connectivity index (χ4v) is 1.99. The second-order valence-corrected chi connectivity index (χ2v) is 5.02. The van der Waals surface area contributed by atoms with Crippen LogP contribution in [-0.2, 0) is 4.79 Å². The van der Waals surface area contributed by atoms with Crippen LogP contribution in [0.3, 0.4) is 0 Å². The van der Waals surface area contributed by atoms with Gasteiger partial charge in [-0.15, -0.1) is 0 Å². The van der Waals surface area contributed by atoms with Crippen molar-refractivity contribution in [3.63, 3.8) is 0 Å². The quantitative estimate of drug-likeness (QED) is 0.832. The molecule has 0 radical (unpaired) electrons. The fraction of sp³-hybridized carbons (Fsp3) is 0.533. The average molecular weight is 281 g/mol. The third-order valence-corrected chi connectivity index (χ3v) is 3.21. The summed E-state index contributed by atoms with van der Waals surface area (Å²) in [6.45, 7) is 6.22. The number of carbonyl (C=O) groups is 1. The van der Waals surface area contributed by atoms with Crippen LogP contribution in [0.1, 0.15) is 20.8 Å². The molecule has 5 nitrogen and oxygen atoms in total. The van der Waals surface area contributed by atoms with E-state index in [1.54, 1.807) is 21.1 Å². The van der Waals surface area contributed by atoms with E-state index in [2.05, 4.69) is 0 Å². The fourth-order valence-electron chi connectivity index (χ4n) is 1.99. The van der Waals surface area contributed by atoms with Crippen LogP contribution in [-0.4, -0.2) is 37.9 Å². The summed E-state index contributed by atoms with van der Waals surface area (Å²) in [5.41, 5.74) is 0.922. The number of hydrogen-bond acceptors (Lipinski definition) is 4. The molecule has 1 aromatic rings. The molecule has 5 heteroatoms. The van der Waals surface area contributed by atoms with Gasteiger partial charge in [-0.1, -0.05) is 6.92 Å². The lowest BCUT2D eigenvalue weighted by atomic mass is 10.1. The molecule has 0 saturated heterocycles. The number of anilines is 1. The Morgan fingerprint density at radius 1 is 1.20 bits per heavy atom. The van der Waals surface area contributed by atoms with Gasteiger partial charge in [0.15, 0.2) is 11.5 Å². The van der Waals surface area contributed by atoms with Crippen molar-refractivity contribution in [3.8, 4) is 11.5 Å². The third-order valence-electron chi connectivity index (χ3n) is 3.21. The van der Waals surface area contributed by atoms with Crippen LogP contribution in [0.5, 0.6) is 11.5 Å². The number of carboxylic acid groups (broad SMARTS) is 1. The largest absolute Gasteiger partial charge is 0.493 e. The zero-order chi connectivity index (χ0) is 15.3. The lowest BCUT2D eigenvalue weighted by molar-refractivity contribution is -0.140. The van der Waals surface area contributed by atoms with Gasteiger partial charge in [-0.25, -0.2) is 0 Å². The predicted octanol–water partition coefficient (Wildman–Crippen LogP) is 2.64. The highest BCUT2D eigenvalue weighted by Gasteiger charge is 2.20. The minimum absolute atomic E-state index is 0.190. The lowest BCUT2D eigenvalue weighted by Crippen LogP contribution is -2.37. The molecule has 1 N–H and O–H groups in total. The molecular formula is C15H23NO4. The zero-order valence-corrected chi connectivity index (χ0v) is 12.7. The molecule has 1 unspecified atom stereocenters. The van der Waals surface area contributed by atoms with Crippen molar-refractivity contribution in [2.75, 3.05) is 25.7 Å². The van der Waals surface area contributed by atoms with E-state index in [1.807, 2.05) is 36.9 Å². The molecule has 0 spiro atoms. The van der Waals surface area contributed by atoms with Crippen LogP contribution >= 0.6 is 0 Å². The van der Waals surface area contributed by atoms with Gasteiger partial charge in [0, 0.05) is 24.3 Å². The second kappa shape index (κ2) is 7.03. The van der Waals surface area contributed by atoms with E-state index in [9.17, 15) is 4.79 Å². The first-order valence-electron chi connectivity index (χ1n) is 6.62. The van der Waals surface area contributed by atoms with Crippen LogP contribution in [0, 0.1) is 5.92 Å². The van der Waals surface area contributed by atoms with Crippen LogP contribution in [0.15, 0.2) is 18.2 Å². The Hall–Kier alpha value is -1.91. The van der Waals surface area contributed by atoms with Gasteiger partial charge in [-0.05, 0) is 26.0 Å². The van der Waals surface area contributed by atoms with E-state index >= 15 is 0 Å². The molecule has 0 fully saturated rings. The molecular weight excluding hydrogens is 258 g/mol. The summed E-state index contributed by atoms with van der Waals surface area (Å²) in [4.78, 5) is 13.1. The summed E-state index contributed by atoms with van der Waals surface area (Å²) in [6.07, 6.45) is 0. The molecule has 1 rings (SSSR count).